The maximum absolute atomic E-state index is 13.4. The van der Waals surface area contributed by atoms with Crippen molar-refractivity contribution in [3.63, 3.8) is 0 Å². The van der Waals surface area contributed by atoms with Gasteiger partial charge < -0.3 is 9.50 Å². The molecule has 1 amide bonds. The number of pyridine rings is 1. The molecule has 0 bridgehead atoms. The molecule has 16 heteroatoms. The number of aromatic nitrogens is 2. The first kappa shape index (κ1) is 25.2. The molecule has 0 aliphatic carbocycles. The number of carbonyl (C=O) groups excluding carboxylic acids is 1. The van der Waals surface area contributed by atoms with Crippen molar-refractivity contribution in [2.75, 3.05) is 24.7 Å². The van der Waals surface area contributed by atoms with Gasteiger partial charge in [0.1, 0.15) is 17.2 Å². The van der Waals surface area contributed by atoms with Crippen LogP contribution in [0, 0.1) is 5.82 Å². The highest BCUT2D eigenvalue weighted by Gasteiger charge is 2.49. The highest BCUT2D eigenvalue weighted by atomic mass is 32.2. The Bertz CT molecular complexity index is 1480. The van der Waals surface area contributed by atoms with E-state index in [9.17, 15) is 39.2 Å². The van der Waals surface area contributed by atoms with Gasteiger partial charge in [0.15, 0.2) is 5.75 Å². The summed E-state index contributed by atoms with van der Waals surface area (Å²) in [6.07, 6.45) is 1.61. The Hall–Kier alpha value is -3.40. The second-order valence-corrected chi connectivity index (χ2v) is 10.4. The summed E-state index contributed by atoms with van der Waals surface area (Å²) in [5.74, 6) is -2.37. The van der Waals surface area contributed by atoms with Crippen LogP contribution in [0.4, 0.5) is 23.2 Å². The molecule has 2 heterocycles. The van der Waals surface area contributed by atoms with Crippen LogP contribution in [-0.2, 0) is 20.1 Å². The minimum Gasteiger partial charge on any atom is -0.374 e. The highest BCUT2D eigenvalue weighted by molar-refractivity contribution is 7.92. The fourth-order valence-electron chi connectivity index (χ4n) is 2.87. The van der Waals surface area contributed by atoms with Gasteiger partial charge >= 0.3 is 15.6 Å². The number of nitrogens with zero attached hydrogens (tertiary/aromatic N) is 3. The summed E-state index contributed by atoms with van der Waals surface area (Å²) in [5.41, 5.74) is -6.65. The lowest BCUT2D eigenvalue weighted by molar-refractivity contribution is -0.0499. The van der Waals surface area contributed by atoms with Crippen LogP contribution in [0.1, 0.15) is 10.4 Å². The fraction of sp³-hybridized carbons (Fsp3) is 0.222. The molecule has 34 heavy (non-hydrogen) atoms. The Labute approximate surface area is 190 Å². The zero-order valence-electron chi connectivity index (χ0n) is 17.6. The first-order valence-corrected chi connectivity index (χ1v) is 12.3. The number of amides is 1. The molecule has 3 rings (SSSR count). The van der Waals surface area contributed by atoms with E-state index in [1.54, 1.807) is 0 Å². The second-order valence-electron chi connectivity index (χ2n) is 6.88. The lowest BCUT2D eigenvalue weighted by atomic mass is 10.1. The van der Waals surface area contributed by atoms with Crippen LogP contribution >= 0.6 is 0 Å². The van der Waals surface area contributed by atoms with E-state index >= 15 is 0 Å². The van der Waals surface area contributed by atoms with Gasteiger partial charge in [0.2, 0.25) is 10.0 Å². The van der Waals surface area contributed by atoms with E-state index in [2.05, 4.69) is 14.6 Å². The van der Waals surface area contributed by atoms with Crippen LogP contribution in [0.25, 0.3) is 16.8 Å². The molecule has 1 aromatic carbocycles. The average Bonchev–Trinajstić information content (AvgIpc) is 3.09. The van der Waals surface area contributed by atoms with Gasteiger partial charge in [-0.1, -0.05) is 0 Å². The van der Waals surface area contributed by atoms with Crippen molar-refractivity contribution < 1.29 is 43.4 Å². The number of fused-ring (bicyclic) bond motifs is 1. The number of benzene rings is 1. The molecule has 0 saturated carbocycles. The van der Waals surface area contributed by atoms with Crippen molar-refractivity contribution >= 4 is 37.3 Å². The van der Waals surface area contributed by atoms with E-state index in [-0.39, 0.29) is 22.3 Å². The predicted octanol–water partition coefficient (Wildman–Crippen LogP) is 2.12. The normalized spacial score (nSPS) is 12.6. The second kappa shape index (κ2) is 8.43. The zero-order valence-corrected chi connectivity index (χ0v) is 19.2. The van der Waals surface area contributed by atoms with E-state index in [0.717, 1.165) is 42.2 Å². The first-order chi connectivity index (χ1) is 15.6. The molecule has 0 unspecified atom stereocenters. The average molecular weight is 524 g/mol. The molecule has 0 radical (unpaired) electrons. The van der Waals surface area contributed by atoms with Crippen molar-refractivity contribution in [3.05, 3.63) is 47.9 Å². The number of anilines is 1. The van der Waals surface area contributed by atoms with Crippen molar-refractivity contribution in [2.45, 2.75) is 5.51 Å². The molecular formula is C18H16F4N4O6S2. The van der Waals surface area contributed by atoms with E-state index in [1.807, 2.05) is 0 Å². The number of hydrogen-bond donors (Lipinski definition) is 1. The summed E-state index contributed by atoms with van der Waals surface area (Å²) >= 11 is 0. The van der Waals surface area contributed by atoms with E-state index in [1.165, 1.54) is 19.2 Å². The Morgan fingerprint density at radius 2 is 1.74 bits per heavy atom. The van der Waals surface area contributed by atoms with Gasteiger partial charge in [-0.05, 0) is 24.3 Å². The molecule has 3 aromatic rings. The first-order valence-electron chi connectivity index (χ1n) is 9.06. The molecule has 10 nitrogen and oxygen atoms in total. The Morgan fingerprint density at radius 1 is 1.15 bits per heavy atom. The number of sulfonamides is 1. The third-order valence-corrected chi connectivity index (χ3v) is 6.76. The van der Waals surface area contributed by atoms with Gasteiger partial charge in [-0.2, -0.15) is 26.7 Å². The molecule has 0 saturated heterocycles. The molecule has 0 aliphatic rings. The standard InChI is InChI=1S/C18H16F4N4O6S2/c1-23-17(27)15-12-8-14(32-34(30,31)18(20,21)22)13(25(2)33(3,28)29)9-26(12)24-16(15)10-4-6-11(19)7-5-10/h4-9H,1-3H3,(H,23,27). The molecule has 2 aromatic heterocycles. The summed E-state index contributed by atoms with van der Waals surface area (Å²) in [7, 11) is -8.09. The fourth-order valence-corrected chi connectivity index (χ4v) is 3.83. The largest absolute Gasteiger partial charge is 0.534 e. The van der Waals surface area contributed by atoms with E-state index in [4.69, 9.17) is 0 Å². The number of nitrogens with one attached hydrogen (secondary N) is 1. The number of rotatable bonds is 6. The topological polar surface area (TPSA) is 127 Å². The Morgan fingerprint density at radius 3 is 2.24 bits per heavy atom. The van der Waals surface area contributed by atoms with Crippen molar-refractivity contribution in [1.29, 1.82) is 0 Å². The SMILES string of the molecule is CNC(=O)c1c(-c2ccc(F)cc2)nn2cc(N(C)S(C)(=O)=O)c(OS(=O)(=O)C(F)(F)F)cc12. The number of carbonyl (C=O) groups is 1. The van der Waals surface area contributed by atoms with Crippen molar-refractivity contribution in [1.82, 2.24) is 14.9 Å². The van der Waals surface area contributed by atoms with Gasteiger partial charge in [0.25, 0.3) is 5.91 Å². The third kappa shape index (κ3) is 4.63. The smallest absolute Gasteiger partial charge is 0.374 e. The molecule has 0 atom stereocenters. The number of halogens is 4. The monoisotopic (exact) mass is 524 g/mol. The lowest BCUT2D eigenvalue weighted by Gasteiger charge is -2.20. The van der Waals surface area contributed by atoms with Gasteiger partial charge in [-0.3, -0.25) is 9.10 Å². The van der Waals surface area contributed by atoms with Crippen LogP contribution in [0.15, 0.2) is 36.5 Å². The van der Waals surface area contributed by atoms with Crippen LogP contribution in [0.5, 0.6) is 5.75 Å². The van der Waals surface area contributed by atoms with Gasteiger partial charge in [0.05, 0.1) is 23.5 Å². The number of hydrogen-bond acceptors (Lipinski definition) is 7. The van der Waals surface area contributed by atoms with Crippen LogP contribution in [0.2, 0.25) is 0 Å². The zero-order chi connectivity index (χ0) is 25.6. The van der Waals surface area contributed by atoms with Gasteiger partial charge in [-0.25, -0.2) is 17.3 Å². The minimum atomic E-state index is -6.20. The van der Waals surface area contributed by atoms with Crippen LogP contribution in [-0.4, -0.2) is 58.2 Å². The number of alkyl halides is 3. The maximum atomic E-state index is 13.4. The highest BCUT2D eigenvalue weighted by Crippen LogP contribution is 2.37. The quantitative estimate of drug-likeness (QED) is 0.297. The van der Waals surface area contributed by atoms with Gasteiger partial charge in [-0.15, -0.1) is 0 Å². The van der Waals surface area contributed by atoms with Crippen molar-refractivity contribution in [2.24, 2.45) is 0 Å². The van der Waals surface area contributed by atoms with Crippen LogP contribution in [0.3, 0.4) is 0 Å². The third-order valence-electron chi connectivity index (χ3n) is 4.60. The predicted molar refractivity (Wildman–Crippen MR) is 113 cm³/mol. The molecular weight excluding hydrogens is 508 g/mol. The maximum Gasteiger partial charge on any atom is 0.534 e. The summed E-state index contributed by atoms with van der Waals surface area (Å²) in [5, 5.41) is 6.50. The van der Waals surface area contributed by atoms with E-state index < -0.39 is 48.8 Å². The molecule has 0 spiro atoms. The molecule has 184 valence electrons. The summed E-state index contributed by atoms with van der Waals surface area (Å²) in [6.45, 7) is 0. The van der Waals surface area contributed by atoms with Gasteiger partial charge in [0, 0.05) is 25.7 Å². The van der Waals surface area contributed by atoms with E-state index in [0.29, 0.717) is 4.31 Å². The molecule has 1 N–H and O–H groups in total. The van der Waals surface area contributed by atoms with Crippen molar-refractivity contribution in [3.8, 4) is 17.0 Å². The lowest BCUT2D eigenvalue weighted by Crippen LogP contribution is -2.30. The molecule has 0 fully saturated rings. The Balaban J connectivity index is 2.39. The summed E-state index contributed by atoms with van der Waals surface area (Å²) < 4.78 is 105. The summed E-state index contributed by atoms with van der Waals surface area (Å²) in [6, 6.07) is 5.49. The summed E-state index contributed by atoms with van der Waals surface area (Å²) in [4.78, 5) is 12.6. The Kier molecular flexibility index (Phi) is 6.25. The molecule has 0 aliphatic heterocycles. The minimum absolute atomic E-state index is 0.0388. The van der Waals surface area contributed by atoms with Crippen LogP contribution < -0.4 is 13.8 Å².